The van der Waals surface area contributed by atoms with Gasteiger partial charge in [0.2, 0.25) is 0 Å². The minimum Gasteiger partial charge on any atom is -0.459 e. The van der Waals surface area contributed by atoms with Gasteiger partial charge in [-0.3, -0.25) is 19.4 Å². The van der Waals surface area contributed by atoms with Crippen molar-refractivity contribution >= 4 is 23.2 Å². The molecule has 0 saturated carbocycles. The summed E-state index contributed by atoms with van der Waals surface area (Å²) in [6.45, 7) is 1.71. The Kier molecular flexibility index (Phi) is 6.50. The fraction of sp³-hybridized carbons (Fsp3) is 0.107. The number of hydrogen-bond donors (Lipinski definition) is 1. The van der Waals surface area contributed by atoms with E-state index in [-0.39, 0.29) is 17.4 Å². The molecule has 0 bridgehead atoms. The van der Waals surface area contributed by atoms with Gasteiger partial charge in [-0.05, 0) is 29.3 Å². The maximum absolute atomic E-state index is 13.5. The number of fused-ring (bicyclic) bond motifs is 1. The molecule has 1 N–H and O–H groups in total. The third kappa shape index (κ3) is 5.05. The van der Waals surface area contributed by atoms with Crippen LogP contribution in [0.4, 0.5) is 5.69 Å². The molecule has 0 radical (unpaired) electrons. The third-order valence-corrected chi connectivity index (χ3v) is 5.75. The molecule has 7 nitrogen and oxygen atoms in total. The number of carbonyl (C=O) groups is 2. The number of carbonyl (C=O) groups excluding carboxylic acids is 2. The molecule has 7 heteroatoms. The van der Waals surface area contributed by atoms with Crippen molar-refractivity contribution in [3.8, 4) is 0 Å². The van der Waals surface area contributed by atoms with Crippen LogP contribution in [0.2, 0.25) is 0 Å². The molecule has 174 valence electrons. The molecule has 1 aromatic heterocycles. The lowest BCUT2D eigenvalue weighted by atomic mass is 10.1. The Bertz CT molecular complexity index is 1290. The Morgan fingerprint density at radius 2 is 1.46 bits per heavy atom. The summed E-state index contributed by atoms with van der Waals surface area (Å²) in [5, 5.41) is 4.17. The van der Waals surface area contributed by atoms with Crippen molar-refractivity contribution in [2.24, 2.45) is 5.10 Å². The van der Waals surface area contributed by atoms with Gasteiger partial charge in [0.25, 0.3) is 5.91 Å². The van der Waals surface area contributed by atoms with E-state index in [1.807, 2.05) is 60.7 Å². The van der Waals surface area contributed by atoms with Gasteiger partial charge in [0.15, 0.2) is 11.5 Å². The lowest BCUT2D eigenvalue weighted by molar-refractivity contribution is -0.112. The Balaban J connectivity index is 1.41. The molecule has 0 spiro atoms. The number of para-hydroxylation sites is 1. The van der Waals surface area contributed by atoms with Crippen molar-refractivity contribution in [1.29, 1.82) is 0 Å². The summed E-state index contributed by atoms with van der Waals surface area (Å²) < 4.78 is 5.11. The van der Waals surface area contributed by atoms with Crippen molar-refractivity contribution in [3.63, 3.8) is 0 Å². The number of hydrazone groups is 1. The molecule has 0 atom stereocenters. The quantitative estimate of drug-likeness (QED) is 0.392. The Morgan fingerprint density at radius 1 is 0.829 bits per heavy atom. The van der Waals surface area contributed by atoms with E-state index in [0.717, 1.165) is 16.8 Å². The van der Waals surface area contributed by atoms with Crippen LogP contribution < -0.4 is 10.3 Å². The number of amides is 2. The number of benzene rings is 3. The molecule has 1 aliphatic heterocycles. The van der Waals surface area contributed by atoms with Crippen molar-refractivity contribution < 1.29 is 14.0 Å². The zero-order valence-electron chi connectivity index (χ0n) is 19.0. The highest BCUT2D eigenvalue weighted by Gasteiger charge is 2.35. The smallest absolute Gasteiger partial charge is 0.307 e. The Hall–Kier alpha value is -4.49. The molecule has 2 heterocycles. The van der Waals surface area contributed by atoms with Gasteiger partial charge in [0, 0.05) is 18.7 Å². The second kappa shape index (κ2) is 10.2. The largest absolute Gasteiger partial charge is 0.459 e. The first kappa shape index (κ1) is 22.3. The minimum atomic E-state index is -0.513. The van der Waals surface area contributed by atoms with Crippen LogP contribution >= 0.6 is 0 Å². The second-order valence-electron chi connectivity index (χ2n) is 8.23. The summed E-state index contributed by atoms with van der Waals surface area (Å²) in [7, 11) is 0. The molecule has 35 heavy (non-hydrogen) atoms. The van der Waals surface area contributed by atoms with Crippen LogP contribution in [0.3, 0.4) is 0 Å². The number of furan rings is 1. The first-order valence-corrected chi connectivity index (χ1v) is 11.3. The van der Waals surface area contributed by atoms with E-state index in [1.54, 1.807) is 11.0 Å². The van der Waals surface area contributed by atoms with Crippen LogP contribution in [0.15, 0.2) is 113 Å². The monoisotopic (exact) mass is 464 g/mol. The van der Waals surface area contributed by atoms with Gasteiger partial charge in [-0.1, -0.05) is 78.9 Å². The van der Waals surface area contributed by atoms with Gasteiger partial charge in [0.1, 0.15) is 0 Å². The van der Waals surface area contributed by atoms with Gasteiger partial charge in [0.05, 0.1) is 18.6 Å². The average molecular weight is 465 g/mol. The van der Waals surface area contributed by atoms with Crippen molar-refractivity contribution in [2.75, 3.05) is 11.6 Å². The van der Waals surface area contributed by atoms with E-state index >= 15 is 0 Å². The van der Waals surface area contributed by atoms with E-state index in [1.165, 1.54) is 12.3 Å². The lowest BCUT2D eigenvalue weighted by Gasteiger charge is -2.28. The molecule has 5 rings (SSSR count). The van der Waals surface area contributed by atoms with Gasteiger partial charge in [-0.2, -0.15) is 5.10 Å². The first-order valence-electron chi connectivity index (χ1n) is 11.3. The Morgan fingerprint density at radius 3 is 2.09 bits per heavy atom. The number of rotatable bonds is 8. The van der Waals surface area contributed by atoms with Crippen molar-refractivity contribution in [1.82, 2.24) is 10.3 Å². The Labute approximate surface area is 203 Å². The summed E-state index contributed by atoms with van der Waals surface area (Å²) >= 11 is 0. The average Bonchev–Trinajstić information content (AvgIpc) is 3.52. The molecule has 3 aromatic carbocycles. The highest BCUT2D eigenvalue weighted by Crippen LogP contribution is 2.29. The van der Waals surface area contributed by atoms with E-state index < -0.39 is 5.91 Å². The standard InChI is InChI=1S/C28H24N4O3/c33-27(25-16-9-17-35-25)30-29-26-23-14-7-8-15-24(23)32(28(26)34)20-31(18-21-10-3-1-4-11-21)19-22-12-5-2-6-13-22/h1-17H,18-20H2,(H,30,33)/b29-26-. The van der Waals surface area contributed by atoms with Crippen LogP contribution in [0, 0.1) is 0 Å². The molecule has 0 aliphatic carbocycles. The molecular weight excluding hydrogens is 440 g/mol. The summed E-state index contributed by atoms with van der Waals surface area (Å²) in [5.41, 5.74) is 6.39. The molecule has 4 aromatic rings. The molecule has 1 aliphatic rings. The maximum atomic E-state index is 13.5. The second-order valence-corrected chi connectivity index (χ2v) is 8.23. The van der Waals surface area contributed by atoms with E-state index in [0.29, 0.717) is 25.3 Å². The SMILES string of the molecule is O=C(N/N=C1\C(=O)N(CN(Cc2ccccc2)Cc2ccccc2)c2ccccc21)c1ccco1. The van der Waals surface area contributed by atoms with Crippen LogP contribution in [0.5, 0.6) is 0 Å². The molecule has 0 unspecified atom stereocenters. The minimum absolute atomic E-state index is 0.127. The zero-order valence-corrected chi connectivity index (χ0v) is 19.0. The molecule has 0 fully saturated rings. The first-order chi connectivity index (χ1) is 17.2. The van der Waals surface area contributed by atoms with Gasteiger partial charge < -0.3 is 4.42 Å². The molecule has 2 amide bonds. The highest BCUT2D eigenvalue weighted by atomic mass is 16.3. The summed E-state index contributed by atoms with van der Waals surface area (Å²) in [6.07, 6.45) is 1.41. The molecular formula is C28H24N4O3. The van der Waals surface area contributed by atoms with Crippen LogP contribution in [0.25, 0.3) is 0 Å². The van der Waals surface area contributed by atoms with Crippen molar-refractivity contribution in [3.05, 3.63) is 126 Å². The predicted molar refractivity (Wildman–Crippen MR) is 134 cm³/mol. The summed E-state index contributed by atoms with van der Waals surface area (Å²) in [4.78, 5) is 29.7. The molecule has 0 saturated heterocycles. The highest BCUT2D eigenvalue weighted by molar-refractivity contribution is 6.54. The van der Waals surface area contributed by atoms with Gasteiger partial charge >= 0.3 is 5.91 Å². The fourth-order valence-corrected chi connectivity index (χ4v) is 4.12. The van der Waals surface area contributed by atoms with E-state index in [4.69, 9.17) is 4.42 Å². The third-order valence-electron chi connectivity index (χ3n) is 5.75. The fourth-order valence-electron chi connectivity index (χ4n) is 4.12. The van der Waals surface area contributed by atoms with Crippen molar-refractivity contribution in [2.45, 2.75) is 13.1 Å². The normalized spacial score (nSPS) is 13.9. The summed E-state index contributed by atoms with van der Waals surface area (Å²) in [5.74, 6) is -0.653. The number of nitrogens with one attached hydrogen (secondary N) is 1. The number of anilines is 1. The van der Waals surface area contributed by atoms with Crippen LogP contribution in [0.1, 0.15) is 27.2 Å². The van der Waals surface area contributed by atoms with Gasteiger partial charge in [-0.15, -0.1) is 0 Å². The van der Waals surface area contributed by atoms with Crippen LogP contribution in [-0.2, 0) is 17.9 Å². The maximum Gasteiger partial charge on any atom is 0.307 e. The van der Waals surface area contributed by atoms with Crippen LogP contribution in [-0.4, -0.2) is 29.1 Å². The zero-order chi connectivity index (χ0) is 24.0. The topological polar surface area (TPSA) is 78.2 Å². The predicted octanol–water partition coefficient (Wildman–Crippen LogP) is 4.42. The van der Waals surface area contributed by atoms with Gasteiger partial charge in [-0.25, -0.2) is 5.43 Å². The summed E-state index contributed by atoms with van der Waals surface area (Å²) in [6, 6.07) is 31.0. The lowest BCUT2D eigenvalue weighted by Crippen LogP contribution is -2.41. The number of nitrogens with zero attached hydrogens (tertiary/aromatic N) is 3. The number of hydrogen-bond acceptors (Lipinski definition) is 5. The van der Waals surface area contributed by atoms with E-state index in [2.05, 4.69) is 39.7 Å². The van der Waals surface area contributed by atoms with E-state index in [9.17, 15) is 9.59 Å².